The van der Waals surface area contributed by atoms with E-state index in [4.69, 9.17) is 4.74 Å². The number of halogens is 1. The van der Waals surface area contributed by atoms with Crippen LogP contribution in [0.3, 0.4) is 0 Å². The van der Waals surface area contributed by atoms with Gasteiger partial charge in [0, 0.05) is 36.7 Å². The fourth-order valence-corrected chi connectivity index (χ4v) is 5.48. The SMILES string of the molecule is O=C(Nc1cccc(F)c1)NS(=O)(=O)c1ccc(-c2ccc3c(c2)CCC(CNCC(O)c2cccnc2)O3)cc1. The Bertz CT molecular complexity index is 1620. The van der Waals surface area contributed by atoms with Gasteiger partial charge in [0.2, 0.25) is 0 Å². The first-order valence-electron chi connectivity index (χ1n) is 13.0. The monoisotopic (exact) mass is 576 g/mol. The van der Waals surface area contributed by atoms with Crippen molar-refractivity contribution in [2.45, 2.75) is 29.9 Å². The number of sulfonamides is 1. The van der Waals surface area contributed by atoms with Crippen LogP contribution in [0.5, 0.6) is 5.75 Å². The maximum Gasteiger partial charge on any atom is 0.333 e. The molecular weight excluding hydrogens is 547 g/mol. The molecule has 1 aliphatic heterocycles. The molecule has 3 aromatic carbocycles. The standard InChI is InChI=1S/C30H29FN4O5S/c31-24-4-1-5-25(16-24)34-30(37)35-41(38,39)27-11-7-20(8-12-27)21-9-13-29-22(15-21)6-10-26(40-29)18-33-19-28(36)23-3-2-14-32-17-23/h1-5,7-9,11-17,26,28,33,36H,6,10,18-19H2,(H2,34,35,37). The summed E-state index contributed by atoms with van der Waals surface area (Å²) in [6, 6.07) is 19.8. The maximum atomic E-state index is 13.3. The molecule has 212 valence electrons. The molecule has 9 nitrogen and oxygen atoms in total. The zero-order valence-electron chi connectivity index (χ0n) is 22.0. The Morgan fingerprint density at radius 3 is 2.61 bits per heavy atom. The fraction of sp³-hybridized carbons (Fsp3) is 0.200. The number of hydrogen-bond donors (Lipinski definition) is 4. The van der Waals surface area contributed by atoms with Gasteiger partial charge in [0.05, 0.1) is 11.0 Å². The van der Waals surface area contributed by atoms with Gasteiger partial charge in [0.1, 0.15) is 17.7 Å². The van der Waals surface area contributed by atoms with Gasteiger partial charge < -0.3 is 20.5 Å². The Morgan fingerprint density at radius 1 is 1.05 bits per heavy atom. The van der Waals surface area contributed by atoms with E-state index in [1.807, 2.05) is 29.0 Å². The average Bonchev–Trinajstić information content (AvgIpc) is 2.97. The summed E-state index contributed by atoms with van der Waals surface area (Å²) in [6.07, 6.45) is 4.28. The molecule has 0 fully saturated rings. The molecule has 0 saturated carbocycles. The van der Waals surface area contributed by atoms with Gasteiger partial charge in [-0.05, 0) is 78.1 Å². The van der Waals surface area contributed by atoms with Crippen molar-refractivity contribution in [2.75, 3.05) is 18.4 Å². The second-order valence-electron chi connectivity index (χ2n) is 9.66. The predicted molar refractivity (Wildman–Crippen MR) is 152 cm³/mol. The molecule has 1 aromatic heterocycles. The van der Waals surface area contributed by atoms with Crippen LogP contribution in [0.2, 0.25) is 0 Å². The number of amides is 2. The Morgan fingerprint density at radius 2 is 1.85 bits per heavy atom. The molecule has 2 atom stereocenters. The molecule has 0 bridgehead atoms. The number of carbonyl (C=O) groups excluding carboxylic acids is 1. The maximum absolute atomic E-state index is 13.3. The summed E-state index contributed by atoms with van der Waals surface area (Å²) in [7, 11) is -4.14. The van der Waals surface area contributed by atoms with Crippen LogP contribution in [0.1, 0.15) is 23.7 Å². The highest BCUT2D eigenvalue weighted by atomic mass is 32.2. The first-order chi connectivity index (χ1) is 19.8. The lowest BCUT2D eigenvalue weighted by molar-refractivity contribution is 0.146. The van der Waals surface area contributed by atoms with E-state index in [1.54, 1.807) is 30.6 Å². The third-order valence-electron chi connectivity index (χ3n) is 6.68. The van der Waals surface area contributed by atoms with Gasteiger partial charge in [-0.2, -0.15) is 0 Å². The number of ether oxygens (including phenoxy) is 1. The summed E-state index contributed by atoms with van der Waals surface area (Å²) >= 11 is 0. The normalized spacial score (nSPS) is 15.3. The Hall–Kier alpha value is -4.32. The van der Waals surface area contributed by atoms with Crippen LogP contribution in [0.25, 0.3) is 11.1 Å². The highest BCUT2D eigenvalue weighted by molar-refractivity contribution is 7.90. The highest BCUT2D eigenvalue weighted by Crippen LogP contribution is 2.32. The molecule has 2 heterocycles. The van der Waals surface area contributed by atoms with Crippen molar-refractivity contribution < 1.29 is 27.4 Å². The minimum Gasteiger partial charge on any atom is -0.489 e. The van der Waals surface area contributed by atoms with Gasteiger partial charge >= 0.3 is 6.03 Å². The van der Waals surface area contributed by atoms with E-state index < -0.39 is 28.0 Å². The fourth-order valence-electron chi connectivity index (χ4n) is 4.57. The lowest BCUT2D eigenvalue weighted by atomic mass is 9.97. The number of fused-ring (bicyclic) bond motifs is 1. The Balaban J connectivity index is 1.16. The lowest BCUT2D eigenvalue weighted by Crippen LogP contribution is -2.36. The topological polar surface area (TPSA) is 130 Å². The van der Waals surface area contributed by atoms with Crippen molar-refractivity contribution in [3.05, 3.63) is 108 Å². The van der Waals surface area contributed by atoms with Gasteiger partial charge in [0.25, 0.3) is 10.0 Å². The van der Waals surface area contributed by atoms with Gasteiger partial charge in [-0.3, -0.25) is 4.98 Å². The molecule has 4 aromatic rings. The minimum absolute atomic E-state index is 0.0236. The van der Waals surface area contributed by atoms with Gasteiger partial charge in [-0.1, -0.05) is 30.3 Å². The van der Waals surface area contributed by atoms with Crippen LogP contribution < -0.4 is 20.1 Å². The number of anilines is 1. The van der Waals surface area contributed by atoms with E-state index in [2.05, 4.69) is 15.6 Å². The van der Waals surface area contributed by atoms with Crippen molar-refractivity contribution >= 4 is 21.7 Å². The first-order valence-corrected chi connectivity index (χ1v) is 14.5. The second kappa shape index (κ2) is 12.5. The number of aliphatic hydroxyl groups excluding tert-OH is 1. The number of hydrogen-bond acceptors (Lipinski definition) is 7. The summed E-state index contributed by atoms with van der Waals surface area (Å²) in [5.74, 6) is 0.243. The van der Waals surface area contributed by atoms with Crippen LogP contribution in [-0.4, -0.2) is 43.7 Å². The molecule has 4 N–H and O–H groups in total. The summed E-state index contributed by atoms with van der Waals surface area (Å²) in [5, 5.41) is 15.9. The van der Waals surface area contributed by atoms with Crippen molar-refractivity contribution in [1.29, 1.82) is 0 Å². The van der Waals surface area contributed by atoms with Crippen molar-refractivity contribution in [3.8, 4) is 16.9 Å². The highest BCUT2D eigenvalue weighted by Gasteiger charge is 2.21. The van der Waals surface area contributed by atoms with E-state index >= 15 is 0 Å². The van der Waals surface area contributed by atoms with Gasteiger partial charge in [-0.15, -0.1) is 0 Å². The second-order valence-corrected chi connectivity index (χ2v) is 11.3. The number of nitrogens with one attached hydrogen (secondary N) is 3. The number of aliphatic hydroxyl groups is 1. The quantitative estimate of drug-likeness (QED) is 0.232. The van der Waals surface area contributed by atoms with Crippen LogP contribution in [0.4, 0.5) is 14.9 Å². The first kappa shape index (κ1) is 28.2. The number of carbonyl (C=O) groups is 1. The number of nitrogens with zero attached hydrogens (tertiary/aromatic N) is 1. The third-order valence-corrected chi connectivity index (χ3v) is 8.02. The minimum atomic E-state index is -4.14. The zero-order chi connectivity index (χ0) is 28.8. The molecule has 0 aliphatic carbocycles. The molecule has 11 heteroatoms. The van der Waals surface area contributed by atoms with Gasteiger partial charge in [-0.25, -0.2) is 22.3 Å². The van der Waals surface area contributed by atoms with Crippen molar-refractivity contribution in [2.24, 2.45) is 0 Å². The van der Waals surface area contributed by atoms with Gasteiger partial charge in [0.15, 0.2) is 0 Å². The van der Waals surface area contributed by atoms with E-state index in [0.29, 0.717) is 13.1 Å². The number of aromatic nitrogens is 1. The number of rotatable bonds is 9. The van der Waals surface area contributed by atoms with E-state index in [0.717, 1.165) is 46.9 Å². The average molecular weight is 577 g/mol. The molecule has 2 unspecified atom stereocenters. The molecular formula is C30H29FN4O5S. The third kappa shape index (κ3) is 7.26. The van der Waals surface area contributed by atoms with E-state index in [9.17, 15) is 22.7 Å². The van der Waals surface area contributed by atoms with E-state index in [1.165, 1.54) is 30.3 Å². The van der Waals surface area contributed by atoms with Crippen LogP contribution in [0.15, 0.2) is 96.2 Å². The molecule has 1 aliphatic rings. The largest absolute Gasteiger partial charge is 0.489 e. The summed E-state index contributed by atoms with van der Waals surface area (Å²) in [4.78, 5) is 16.1. The summed E-state index contributed by atoms with van der Waals surface area (Å²) in [5.41, 5.74) is 3.66. The summed E-state index contributed by atoms with van der Waals surface area (Å²) in [6.45, 7) is 0.999. The van der Waals surface area contributed by atoms with Crippen LogP contribution in [0, 0.1) is 5.82 Å². The van der Waals surface area contributed by atoms with Crippen LogP contribution >= 0.6 is 0 Å². The number of benzene rings is 3. The predicted octanol–water partition coefficient (Wildman–Crippen LogP) is 4.41. The molecule has 0 saturated heterocycles. The summed E-state index contributed by atoms with van der Waals surface area (Å²) < 4.78 is 46.8. The molecule has 0 spiro atoms. The van der Waals surface area contributed by atoms with Crippen molar-refractivity contribution in [3.63, 3.8) is 0 Å². The van der Waals surface area contributed by atoms with Crippen molar-refractivity contribution in [1.82, 2.24) is 15.0 Å². The zero-order valence-corrected chi connectivity index (χ0v) is 22.8. The smallest absolute Gasteiger partial charge is 0.333 e. The van der Waals surface area contributed by atoms with E-state index in [-0.39, 0.29) is 16.7 Å². The number of aryl methyl sites for hydroxylation is 1. The molecule has 0 radical (unpaired) electrons. The molecule has 5 rings (SSSR count). The number of pyridine rings is 1. The molecule has 2 amide bonds. The van der Waals surface area contributed by atoms with Crippen LogP contribution in [-0.2, 0) is 16.4 Å². The Kier molecular flexibility index (Phi) is 8.58. The lowest BCUT2D eigenvalue weighted by Gasteiger charge is -2.27. The Labute approximate surface area is 237 Å². The molecule has 41 heavy (non-hydrogen) atoms. The number of urea groups is 1.